The molecule has 1 rings (SSSR count). The van der Waals surface area contributed by atoms with Gasteiger partial charge in [0, 0.05) is 14.1 Å². The van der Waals surface area contributed by atoms with Gasteiger partial charge in [-0.05, 0) is 24.5 Å². The van der Waals surface area contributed by atoms with E-state index in [2.05, 4.69) is 29.5 Å². The van der Waals surface area contributed by atoms with Crippen molar-refractivity contribution in [3.05, 3.63) is 23.9 Å². The van der Waals surface area contributed by atoms with Gasteiger partial charge in [-0.25, -0.2) is 9.78 Å². The van der Waals surface area contributed by atoms with Crippen LogP contribution in [0.4, 0.5) is 10.6 Å². The zero-order valence-electron chi connectivity index (χ0n) is 13.3. The van der Waals surface area contributed by atoms with Gasteiger partial charge >= 0.3 is 6.03 Å². The first-order valence-electron chi connectivity index (χ1n) is 7.20. The Labute approximate surface area is 126 Å². The van der Waals surface area contributed by atoms with Crippen LogP contribution in [-0.4, -0.2) is 42.9 Å². The fraction of sp³-hybridized carbons (Fsp3) is 0.600. The highest BCUT2D eigenvalue weighted by Gasteiger charge is 2.12. The van der Waals surface area contributed by atoms with Gasteiger partial charge in [-0.2, -0.15) is 0 Å². The third kappa shape index (κ3) is 6.44. The third-order valence-corrected chi connectivity index (χ3v) is 2.99. The van der Waals surface area contributed by atoms with Gasteiger partial charge in [0.1, 0.15) is 5.82 Å². The Morgan fingerprint density at radius 2 is 2.10 bits per heavy atom. The van der Waals surface area contributed by atoms with E-state index in [1.165, 1.54) is 0 Å². The molecule has 0 saturated heterocycles. The van der Waals surface area contributed by atoms with E-state index >= 15 is 0 Å². The largest absolute Gasteiger partial charge is 0.394 e. The van der Waals surface area contributed by atoms with Crippen molar-refractivity contribution in [1.82, 2.24) is 15.6 Å². The monoisotopic (exact) mass is 294 g/mol. The van der Waals surface area contributed by atoms with Gasteiger partial charge in [-0.1, -0.05) is 19.9 Å². The first-order chi connectivity index (χ1) is 9.92. The fourth-order valence-electron chi connectivity index (χ4n) is 1.97. The maximum absolute atomic E-state index is 11.8. The van der Waals surface area contributed by atoms with Gasteiger partial charge < -0.3 is 20.6 Å². The second-order valence-corrected chi connectivity index (χ2v) is 5.72. The maximum Gasteiger partial charge on any atom is 0.315 e. The molecule has 3 N–H and O–H groups in total. The van der Waals surface area contributed by atoms with Crippen LogP contribution in [0.5, 0.6) is 0 Å². The van der Waals surface area contributed by atoms with E-state index in [-0.39, 0.29) is 18.7 Å². The summed E-state index contributed by atoms with van der Waals surface area (Å²) in [5, 5.41) is 14.8. The SMILES string of the molecule is CC(C)CC(CO)NC(=O)NCc1cccc(N(C)C)n1. The number of hydrogen-bond donors (Lipinski definition) is 3. The Morgan fingerprint density at radius 1 is 1.38 bits per heavy atom. The molecule has 118 valence electrons. The minimum absolute atomic E-state index is 0.0556. The van der Waals surface area contributed by atoms with Gasteiger partial charge in [-0.15, -0.1) is 0 Å². The molecule has 0 aliphatic heterocycles. The van der Waals surface area contributed by atoms with Crippen LogP contribution >= 0.6 is 0 Å². The minimum Gasteiger partial charge on any atom is -0.394 e. The molecule has 1 aromatic heterocycles. The van der Waals surface area contributed by atoms with Crippen LogP contribution < -0.4 is 15.5 Å². The van der Waals surface area contributed by atoms with Gasteiger partial charge in [0.2, 0.25) is 0 Å². The number of carbonyl (C=O) groups is 1. The number of aromatic nitrogens is 1. The molecular weight excluding hydrogens is 268 g/mol. The molecule has 0 aromatic carbocycles. The predicted molar refractivity (Wildman–Crippen MR) is 84.3 cm³/mol. The van der Waals surface area contributed by atoms with Gasteiger partial charge in [0.05, 0.1) is 24.9 Å². The van der Waals surface area contributed by atoms with Crippen molar-refractivity contribution in [3.8, 4) is 0 Å². The van der Waals surface area contributed by atoms with Crippen molar-refractivity contribution < 1.29 is 9.90 Å². The summed E-state index contributed by atoms with van der Waals surface area (Å²) in [7, 11) is 3.84. The number of aliphatic hydroxyl groups is 1. The summed E-state index contributed by atoms with van der Waals surface area (Å²) in [6.07, 6.45) is 0.748. The van der Waals surface area contributed by atoms with Crippen molar-refractivity contribution >= 4 is 11.8 Å². The van der Waals surface area contributed by atoms with Crippen molar-refractivity contribution in [3.63, 3.8) is 0 Å². The molecular formula is C15H26N4O2. The molecule has 0 spiro atoms. The van der Waals surface area contributed by atoms with Crippen LogP contribution in [0.15, 0.2) is 18.2 Å². The first kappa shape index (κ1) is 17.2. The Bertz CT molecular complexity index is 449. The molecule has 0 radical (unpaired) electrons. The minimum atomic E-state index is -0.285. The first-order valence-corrected chi connectivity index (χ1v) is 7.20. The van der Waals surface area contributed by atoms with E-state index in [0.717, 1.165) is 17.9 Å². The number of rotatable bonds is 7. The number of amides is 2. The van der Waals surface area contributed by atoms with Crippen LogP contribution in [0.2, 0.25) is 0 Å². The molecule has 1 aromatic rings. The zero-order valence-corrected chi connectivity index (χ0v) is 13.3. The normalized spacial score (nSPS) is 12.1. The van der Waals surface area contributed by atoms with Crippen LogP contribution in [-0.2, 0) is 6.54 Å². The molecule has 0 aliphatic carbocycles. The second kappa shape index (κ2) is 8.46. The van der Waals surface area contributed by atoms with Crippen molar-refractivity contribution in [2.45, 2.75) is 32.9 Å². The molecule has 6 heteroatoms. The summed E-state index contributed by atoms with van der Waals surface area (Å²) in [6.45, 7) is 4.41. The molecule has 1 unspecified atom stereocenters. The molecule has 0 saturated carbocycles. The topological polar surface area (TPSA) is 77.5 Å². The number of hydrogen-bond acceptors (Lipinski definition) is 4. The fourth-order valence-corrected chi connectivity index (χ4v) is 1.97. The van der Waals surface area contributed by atoms with Crippen LogP contribution in [0.25, 0.3) is 0 Å². The lowest BCUT2D eigenvalue weighted by atomic mass is 10.0. The van der Waals surface area contributed by atoms with Crippen LogP contribution in [0.1, 0.15) is 26.0 Å². The van der Waals surface area contributed by atoms with E-state index in [1.807, 2.05) is 37.2 Å². The Kier molecular flexibility index (Phi) is 6.94. The highest BCUT2D eigenvalue weighted by molar-refractivity contribution is 5.74. The molecule has 0 aliphatic rings. The molecule has 1 heterocycles. The van der Waals surface area contributed by atoms with Gasteiger partial charge in [0.25, 0.3) is 0 Å². The molecule has 21 heavy (non-hydrogen) atoms. The number of nitrogens with zero attached hydrogens (tertiary/aromatic N) is 2. The van der Waals surface area contributed by atoms with E-state index in [4.69, 9.17) is 0 Å². The van der Waals surface area contributed by atoms with E-state index in [9.17, 15) is 9.90 Å². The number of pyridine rings is 1. The highest BCUT2D eigenvalue weighted by Crippen LogP contribution is 2.07. The Morgan fingerprint density at radius 3 is 2.67 bits per heavy atom. The maximum atomic E-state index is 11.8. The van der Waals surface area contributed by atoms with E-state index in [1.54, 1.807) is 0 Å². The summed E-state index contributed by atoms with van der Waals surface area (Å²) in [4.78, 5) is 18.2. The van der Waals surface area contributed by atoms with Gasteiger partial charge in [-0.3, -0.25) is 0 Å². The third-order valence-electron chi connectivity index (χ3n) is 2.99. The van der Waals surface area contributed by atoms with Crippen molar-refractivity contribution in [2.24, 2.45) is 5.92 Å². The average Bonchev–Trinajstić information content (AvgIpc) is 2.44. The quantitative estimate of drug-likeness (QED) is 0.709. The van der Waals surface area contributed by atoms with Crippen LogP contribution in [0.3, 0.4) is 0 Å². The van der Waals surface area contributed by atoms with Crippen LogP contribution in [0, 0.1) is 5.92 Å². The lowest BCUT2D eigenvalue weighted by molar-refractivity contribution is 0.206. The summed E-state index contributed by atoms with van der Waals surface area (Å²) >= 11 is 0. The molecule has 1 atom stereocenters. The smallest absolute Gasteiger partial charge is 0.315 e. The summed E-state index contributed by atoms with van der Waals surface area (Å²) in [6, 6.07) is 5.18. The summed E-state index contributed by atoms with van der Waals surface area (Å²) in [5.74, 6) is 1.27. The standard InChI is InChI=1S/C15H26N4O2/c1-11(2)8-13(10-20)18-15(21)16-9-12-6-5-7-14(17-12)19(3)4/h5-7,11,13,20H,8-10H2,1-4H3,(H2,16,18,21). The lowest BCUT2D eigenvalue weighted by Gasteiger charge is -2.18. The summed E-state index contributed by atoms with van der Waals surface area (Å²) < 4.78 is 0. The average molecular weight is 294 g/mol. The number of nitrogens with one attached hydrogen (secondary N) is 2. The predicted octanol–water partition coefficient (Wildman–Crippen LogP) is 1.35. The highest BCUT2D eigenvalue weighted by atomic mass is 16.3. The molecule has 0 bridgehead atoms. The number of carbonyl (C=O) groups excluding carboxylic acids is 1. The molecule has 0 fully saturated rings. The number of urea groups is 1. The van der Waals surface area contributed by atoms with Crippen molar-refractivity contribution in [2.75, 3.05) is 25.6 Å². The Hall–Kier alpha value is -1.82. The molecule has 6 nitrogen and oxygen atoms in total. The summed E-state index contributed by atoms with van der Waals surface area (Å²) in [5.41, 5.74) is 0.792. The molecule has 2 amide bonds. The number of aliphatic hydroxyl groups excluding tert-OH is 1. The Balaban J connectivity index is 2.47. The number of anilines is 1. The lowest BCUT2D eigenvalue weighted by Crippen LogP contribution is -2.44. The second-order valence-electron chi connectivity index (χ2n) is 5.72. The zero-order chi connectivity index (χ0) is 15.8. The van der Waals surface area contributed by atoms with Crippen molar-refractivity contribution in [1.29, 1.82) is 0 Å². The van der Waals surface area contributed by atoms with Gasteiger partial charge in [0.15, 0.2) is 0 Å². The van der Waals surface area contributed by atoms with E-state index < -0.39 is 0 Å². The van der Waals surface area contributed by atoms with E-state index in [0.29, 0.717) is 12.5 Å².